The Balaban J connectivity index is 1.63. The molecule has 1 N–H and O–H groups in total. The van der Waals surface area contributed by atoms with Crippen LogP contribution in [0.15, 0.2) is 35.3 Å². The third-order valence-electron chi connectivity index (χ3n) is 5.80. The molecule has 1 fully saturated rings. The number of amides is 1. The molecule has 8 heteroatoms. The van der Waals surface area contributed by atoms with Crippen LogP contribution in [0.3, 0.4) is 0 Å². The Labute approximate surface area is 194 Å². The van der Waals surface area contributed by atoms with Crippen molar-refractivity contribution in [1.82, 2.24) is 0 Å². The van der Waals surface area contributed by atoms with Crippen molar-refractivity contribution in [3.63, 3.8) is 0 Å². The van der Waals surface area contributed by atoms with E-state index in [-0.39, 0.29) is 35.2 Å². The van der Waals surface area contributed by atoms with Gasteiger partial charge in [0.15, 0.2) is 15.0 Å². The molecular weight excluding hydrogens is 442 g/mol. The smallest absolute Gasteiger partial charge is 0.244 e. The summed E-state index contributed by atoms with van der Waals surface area (Å²) < 4.78 is 24.0. The molecule has 170 valence electrons. The van der Waals surface area contributed by atoms with Crippen LogP contribution < -0.4 is 10.2 Å². The highest BCUT2D eigenvalue weighted by atomic mass is 32.2. The molecule has 0 spiro atoms. The predicted octanol–water partition coefficient (Wildman–Crippen LogP) is 3.94. The van der Waals surface area contributed by atoms with E-state index in [1.807, 2.05) is 51.7 Å². The molecule has 32 heavy (non-hydrogen) atoms. The van der Waals surface area contributed by atoms with Gasteiger partial charge in [-0.25, -0.2) is 8.42 Å². The third-order valence-corrected chi connectivity index (χ3v) is 9.04. The van der Waals surface area contributed by atoms with Crippen molar-refractivity contribution in [3.05, 3.63) is 58.1 Å². The van der Waals surface area contributed by atoms with Crippen LogP contribution in [0.2, 0.25) is 0 Å². The van der Waals surface area contributed by atoms with Crippen molar-refractivity contribution >= 4 is 44.0 Å². The van der Waals surface area contributed by atoms with Gasteiger partial charge >= 0.3 is 0 Å². The van der Waals surface area contributed by atoms with E-state index < -0.39 is 9.84 Å². The molecule has 0 bridgehead atoms. The van der Waals surface area contributed by atoms with Crippen molar-refractivity contribution in [1.29, 1.82) is 0 Å². The number of hydrogen-bond acceptors (Lipinski definition) is 6. The number of fused-ring (bicyclic) bond motifs is 1. The summed E-state index contributed by atoms with van der Waals surface area (Å²) in [6, 6.07) is 10.0. The van der Waals surface area contributed by atoms with Gasteiger partial charge in [0.2, 0.25) is 5.91 Å². The molecule has 2 atom stereocenters. The minimum absolute atomic E-state index is 0.0759. The van der Waals surface area contributed by atoms with Gasteiger partial charge in [0, 0.05) is 16.6 Å². The van der Waals surface area contributed by atoms with E-state index in [4.69, 9.17) is 4.99 Å². The molecule has 0 radical (unpaired) electrons. The number of aliphatic imine (C=N–C) groups is 1. The minimum Gasteiger partial charge on any atom is -0.324 e. The summed E-state index contributed by atoms with van der Waals surface area (Å²) in [5.74, 6) is 0.0967. The summed E-state index contributed by atoms with van der Waals surface area (Å²) in [7, 11) is -3.04. The molecule has 6 nitrogen and oxygen atoms in total. The quantitative estimate of drug-likeness (QED) is 0.731. The monoisotopic (exact) mass is 471 g/mol. The molecule has 0 saturated carbocycles. The van der Waals surface area contributed by atoms with E-state index in [1.54, 1.807) is 0 Å². The van der Waals surface area contributed by atoms with Crippen molar-refractivity contribution in [3.8, 4) is 0 Å². The summed E-state index contributed by atoms with van der Waals surface area (Å²) in [6.45, 7) is 10.2. The number of hydrogen-bond donors (Lipinski definition) is 1. The number of sulfone groups is 1. The highest BCUT2D eigenvalue weighted by molar-refractivity contribution is 8.15. The van der Waals surface area contributed by atoms with E-state index in [0.717, 1.165) is 39.2 Å². The molecule has 2 aromatic carbocycles. The Hall–Kier alpha value is -2.32. The zero-order chi connectivity index (χ0) is 23.2. The number of nitrogens with one attached hydrogen (secondary N) is 1. The van der Waals surface area contributed by atoms with Crippen molar-refractivity contribution < 1.29 is 13.2 Å². The average Bonchev–Trinajstić information content (AvgIpc) is 3.15. The van der Waals surface area contributed by atoms with Gasteiger partial charge in [0.1, 0.15) is 6.54 Å². The molecule has 0 unspecified atom stereocenters. The number of amidine groups is 1. The summed E-state index contributed by atoms with van der Waals surface area (Å²) in [6.07, 6.45) is 0. The van der Waals surface area contributed by atoms with Crippen LogP contribution in [0.25, 0.3) is 0 Å². The summed E-state index contributed by atoms with van der Waals surface area (Å²) >= 11 is 1.47. The van der Waals surface area contributed by atoms with Gasteiger partial charge in [-0.15, -0.1) is 0 Å². The lowest BCUT2D eigenvalue weighted by Crippen LogP contribution is -2.37. The molecule has 1 saturated heterocycles. The van der Waals surface area contributed by atoms with Gasteiger partial charge in [-0.2, -0.15) is 0 Å². The van der Waals surface area contributed by atoms with Crippen LogP contribution in [0.5, 0.6) is 0 Å². The van der Waals surface area contributed by atoms with E-state index in [9.17, 15) is 13.2 Å². The van der Waals surface area contributed by atoms with Crippen LogP contribution in [-0.4, -0.2) is 48.8 Å². The molecule has 2 aromatic rings. The van der Waals surface area contributed by atoms with Crippen LogP contribution in [0, 0.1) is 34.6 Å². The van der Waals surface area contributed by atoms with Gasteiger partial charge in [0.25, 0.3) is 0 Å². The first kappa shape index (κ1) is 22.9. The Bertz CT molecular complexity index is 1180. The van der Waals surface area contributed by atoms with Crippen LogP contribution in [-0.2, 0) is 14.6 Å². The topological polar surface area (TPSA) is 78.8 Å². The first-order valence-electron chi connectivity index (χ1n) is 10.7. The Kier molecular flexibility index (Phi) is 6.11. The maximum atomic E-state index is 13.1. The van der Waals surface area contributed by atoms with E-state index in [0.29, 0.717) is 5.17 Å². The molecule has 2 heterocycles. The number of rotatable bonds is 4. The normalized spacial score (nSPS) is 21.2. The SMILES string of the molecule is Cc1cc(C)cc(N(CC(=O)Nc2c(C)cc(C)cc2C)C2=N[C@H]3CS(=O)(=O)C[C@H]3S2)c1. The van der Waals surface area contributed by atoms with E-state index in [1.165, 1.54) is 11.8 Å². The summed E-state index contributed by atoms with van der Waals surface area (Å²) in [5.41, 5.74) is 7.15. The van der Waals surface area contributed by atoms with Gasteiger partial charge in [-0.1, -0.05) is 35.5 Å². The number of carbonyl (C=O) groups is 1. The van der Waals surface area contributed by atoms with Crippen LogP contribution >= 0.6 is 11.8 Å². The maximum absolute atomic E-state index is 13.1. The molecule has 2 aliphatic heterocycles. The zero-order valence-electron chi connectivity index (χ0n) is 19.1. The number of benzene rings is 2. The van der Waals surface area contributed by atoms with Gasteiger partial charge in [0.05, 0.1) is 17.5 Å². The third kappa shape index (κ3) is 4.86. The Morgan fingerprint density at radius 1 is 1.00 bits per heavy atom. The standard InChI is InChI=1S/C24H29N3O3S2/c1-14-6-15(2)10-19(9-14)27(24-25-20-12-32(29,30)13-21(20)31-24)11-22(28)26-23-17(4)7-16(3)8-18(23)5/h6-10,20-21H,11-13H2,1-5H3,(H,26,28)/t20-,21+/m0/s1. The first-order valence-corrected chi connectivity index (χ1v) is 13.4. The number of anilines is 2. The van der Waals surface area contributed by atoms with Crippen molar-refractivity contribution in [2.75, 3.05) is 28.3 Å². The van der Waals surface area contributed by atoms with Crippen molar-refractivity contribution in [2.24, 2.45) is 4.99 Å². The number of thioether (sulfide) groups is 1. The van der Waals surface area contributed by atoms with Gasteiger partial charge in [-0.3, -0.25) is 9.79 Å². The predicted molar refractivity (Wildman–Crippen MR) is 134 cm³/mol. The second-order valence-electron chi connectivity index (χ2n) is 8.97. The fraction of sp³-hybridized carbons (Fsp3) is 0.417. The number of carbonyl (C=O) groups excluding carboxylic acids is 1. The molecule has 1 amide bonds. The molecule has 4 rings (SSSR count). The highest BCUT2D eigenvalue weighted by Gasteiger charge is 2.44. The van der Waals surface area contributed by atoms with E-state index >= 15 is 0 Å². The summed E-state index contributed by atoms with van der Waals surface area (Å²) in [4.78, 5) is 19.8. The molecular formula is C24H29N3O3S2. The lowest BCUT2D eigenvalue weighted by molar-refractivity contribution is -0.114. The van der Waals surface area contributed by atoms with Crippen LogP contribution in [0.4, 0.5) is 11.4 Å². The molecule has 2 aliphatic rings. The molecule has 0 aliphatic carbocycles. The number of nitrogens with zero attached hydrogens (tertiary/aromatic N) is 2. The molecule has 0 aromatic heterocycles. The maximum Gasteiger partial charge on any atom is 0.244 e. The Morgan fingerprint density at radius 2 is 1.59 bits per heavy atom. The largest absolute Gasteiger partial charge is 0.324 e. The van der Waals surface area contributed by atoms with Crippen molar-refractivity contribution in [2.45, 2.75) is 45.9 Å². The second kappa shape index (κ2) is 8.56. The van der Waals surface area contributed by atoms with Gasteiger partial charge < -0.3 is 10.2 Å². The first-order chi connectivity index (χ1) is 15.0. The minimum atomic E-state index is -3.04. The van der Waals surface area contributed by atoms with Crippen LogP contribution in [0.1, 0.15) is 27.8 Å². The lowest BCUT2D eigenvalue weighted by Gasteiger charge is -2.25. The second-order valence-corrected chi connectivity index (χ2v) is 12.3. The summed E-state index contributed by atoms with van der Waals surface area (Å²) in [5, 5.41) is 3.72. The highest BCUT2D eigenvalue weighted by Crippen LogP contribution is 2.37. The van der Waals surface area contributed by atoms with E-state index in [2.05, 4.69) is 23.5 Å². The number of aryl methyl sites for hydroxylation is 5. The zero-order valence-corrected chi connectivity index (χ0v) is 20.7. The fourth-order valence-electron chi connectivity index (χ4n) is 4.55. The Morgan fingerprint density at radius 3 is 2.19 bits per heavy atom. The van der Waals surface area contributed by atoms with Gasteiger partial charge in [-0.05, 0) is 69.0 Å². The fourth-order valence-corrected chi connectivity index (χ4v) is 8.33. The average molecular weight is 472 g/mol. The lowest BCUT2D eigenvalue weighted by atomic mass is 10.1.